The van der Waals surface area contributed by atoms with E-state index in [4.69, 9.17) is 28.3 Å². The molecule has 0 fully saturated rings. The van der Waals surface area contributed by atoms with Crippen molar-refractivity contribution in [3.05, 3.63) is 34.6 Å². The summed E-state index contributed by atoms with van der Waals surface area (Å²) in [4.78, 5) is 9.10. The third-order valence-electron chi connectivity index (χ3n) is 1.86. The quantitative estimate of drug-likeness (QED) is 0.802. The van der Waals surface area contributed by atoms with Gasteiger partial charge in [0.05, 0.1) is 5.02 Å². The second kappa shape index (κ2) is 3.75. The SMILES string of the molecule is CC(Cl)(C(=O)O)c1ccc(Cl)c(F)c1. The maximum Gasteiger partial charge on any atom is 0.329 e. The molecule has 1 rings (SSSR count). The molecule has 0 saturated carbocycles. The summed E-state index contributed by atoms with van der Waals surface area (Å²) in [7, 11) is 0. The third kappa shape index (κ3) is 1.99. The van der Waals surface area contributed by atoms with Crippen LogP contribution in [0.3, 0.4) is 0 Å². The Labute approximate surface area is 90.3 Å². The van der Waals surface area contributed by atoms with E-state index >= 15 is 0 Å². The Bertz CT molecular complexity index is 377. The Morgan fingerprint density at radius 3 is 2.57 bits per heavy atom. The molecule has 1 aromatic rings. The van der Waals surface area contributed by atoms with E-state index in [0.29, 0.717) is 0 Å². The molecule has 0 aliphatic rings. The summed E-state index contributed by atoms with van der Waals surface area (Å²) in [5.74, 6) is -1.92. The molecule has 76 valence electrons. The monoisotopic (exact) mass is 236 g/mol. The number of rotatable bonds is 2. The van der Waals surface area contributed by atoms with Crippen LogP contribution in [0.1, 0.15) is 12.5 Å². The van der Waals surface area contributed by atoms with Gasteiger partial charge in [0.15, 0.2) is 4.87 Å². The van der Waals surface area contributed by atoms with Crippen molar-refractivity contribution >= 4 is 29.2 Å². The third-order valence-corrected chi connectivity index (χ3v) is 2.55. The molecule has 1 atom stereocenters. The minimum absolute atomic E-state index is 0.0633. The van der Waals surface area contributed by atoms with Crippen molar-refractivity contribution in [2.45, 2.75) is 11.8 Å². The predicted molar refractivity (Wildman–Crippen MR) is 52.3 cm³/mol. The van der Waals surface area contributed by atoms with Crippen LogP contribution in [0.4, 0.5) is 4.39 Å². The van der Waals surface area contributed by atoms with Gasteiger partial charge in [0.1, 0.15) is 5.82 Å². The smallest absolute Gasteiger partial charge is 0.329 e. The van der Waals surface area contributed by atoms with E-state index < -0.39 is 16.7 Å². The first-order chi connectivity index (χ1) is 6.35. The molecule has 0 aliphatic heterocycles. The molecule has 0 aromatic heterocycles. The van der Waals surface area contributed by atoms with Gasteiger partial charge in [-0.3, -0.25) is 0 Å². The average Bonchev–Trinajstić information content (AvgIpc) is 2.09. The number of alkyl halides is 1. The van der Waals surface area contributed by atoms with Crippen molar-refractivity contribution in [1.29, 1.82) is 0 Å². The highest BCUT2D eigenvalue weighted by Gasteiger charge is 2.32. The van der Waals surface area contributed by atoms with E-state index in [1.54, 1.807) is 0 Å². The fourth-order valence-electron chi connectivity index (χ4n) is 0.912. The number of hydrogen-bond acceptors (Lipinski definition) is 1. The maximum absolute atomic E-state index is 13.0. The molecule has 0 aliphatic carbocycles. The molecular weight excluding hydrogens is 230 g/mol. The molecule has 0 spiro atoms. The number of halogens is 3. The zero-order valence-corrected chi connectivity index (χ0v) is 8.73. The van der Waals surface area contributed by atoms with E-state index in [9.17, 15) is 9.18 Å². The van der Waals surface area contributed by atoms with Crippen LogP contribution in [0.5, 0.6) is 0 Å². The first-order valence-electron chi connectivity index (χ1n) is 3.73. The van der Waals surface area contributed by atoms with Gasteiger partial charge >= 0.3 is 5.97 Å². The van der Waals surface area contributed by atoms with Crippen molar-refractivity contribution in [3.63, 3.8) is 0 Å². The van der Waals surface area contributed by atoms with Gasteiger partial charge in [-0.15, -0.1) is 11.6 Å². The Kier molecular flexibility index (Phi) is 3.02. The fraction of sp³-hybridized carbons (Fsp3) is 0.222. The Morgan fingerprint density at radius 2 is 2.14 bits per heavy atom. The Morgan fingerprint density at radius 1 is 1.57 bits per heavy atom. The lowest BCUT2D eigenvalue weighted by atomic mass is 10.0. The maximum atomic E-state index is 13.0. The van der Waals surface area contributed by atoms with Gasteiger partial charge in [0.25, 0.3) is 0 Å². The molecule has 0 bridgehead atoms. The average molecular weight is 237 g/mol. The van der Waals surface area contributed by atoms with Crippen LogP contribution in [0.25, 0.3) is 0 Å². The zero-order chi connectivity index (χ0) is 10.9. The molecule has 0 radical (unpaired) electrons. The molecule has 0 saturated heterocycles. The van der Waals surface area contributed by atoms with E-state index in [-0.39, 0.29) is 10.6 Å². The molecular formula is C9H7Cl2FO2. The molecule has 5 heteroatoms. The summed E-state index contributed by atoms with van der Waals surface area (Å²) >= 11 is 11.2. The van der Waals surface area contributed by atoms with Crippen LogP contribution in [0.2, 0.25) is 5.02 Å². The van der Waals surface area contributed by atoms with Crippen LogP contribution in [0.15, 0.2) is 18.2 Å². The largest absolute Gasteiger partial charge is 0.480 e. The number of carboxylic acids is 1. The minimum atomic E-state index is -1.63. The molecule has 1 aromatic carbocycles. The van der Waals surface area contributed by atoms with Crippen LogP contribution in [0, 0.1) is 5.82 Å². The number of carboxylic acid groups (broad SMARTS) is 1. The summed E-state index contributed by atoms with van der Waals surface area (Å²) in [5, 5.41) is 8.70. The number of hydrogen-bond donors (Lipinski definition) is 1. The van der Waals surface area contributed by atoms with Crippen LogP contribution in [-0.4, -0.2) is 11.1 Å². The Hall–Kier alpha value is -0.800. The van der Waals surface area contributed by atoms with Crippen molar-refractivity contribution in [2.24, 2.45) is 0 Å². The van der Waals surface area contributed by atoms with Gasteiger partial charge in [-0.2, -0.15) is 0 Å². The van der Waals surface area contributed by atoms with Crippen molar-refractivity contribution < 1.29 is 14.3 Å². The van der Waals surface area contributed by atoms with Gasteiger partial charge < -0.3 is 5.11 Å². The van der Waals surface area contributed by atoms with Gasteiger partial charge in [0.2, 0.25) is 0 Å². The van der Waals surface area contributed by atoms with Gasteiger partial charge in [-0.05, 0) is 24.6 Å². The number of benzene rings is 1. The summed E-state index contributed by atoms with van der Waals surface area (Å²) in [6, 6.07) is 3.67. The highest BCUT2D eigenvalue weighted by Crippen LogP contribution is 2.30. The highest BCUT2D eigenvalue weighted by molar-refractivity contribution is 6.33. The van der Waals surface area contributed by atoms with E-state index in [0.717, 1.165) is 6.07 Å². The summed E-state index contributed by atoms with van der Waals surface area (Å²) in [6.45, 7) is 1.28. The lowest BCUT2D eigenvalue weighted by Gasteiger charge is -2.16. The van der Waals surface area contributed by atoms with Gasteiger partial charge in [-0.25, -0.2) is 9.18 Å². The fourth-order valence-corrected chi connectivity index (χ4v) is 1.15. The second-order valence-corrected chi connectivity index (χ2v) is 4.10. The second-order valence-electron chi connectivity index (χ2n) is 2.94. The summed E-state index contributed by atoms with van der Waals surface area (Å²) in [5.41, 5.74) is 0.161. The van der Waals surface area contributed by atoms with Crippen molar-refractivity contribution in [1.82, 2.24) is 0 Å². The summed E-state index contributed by atoms with van der Waals surface area (Å²) < 4.78 is 13.0. The molecule has 1 unspecified atom stereocenters. The van der Waals surface area contributed by atoms with E-state index in [1.807, 2.05) is 0 Å². The summed E-state index contributed by atoms with van der Waals surface area (Å²) in [6.07, 6.45) is 0. The standard InChI is InChI=1S/C9H7Cl2FO2/c1-9(11,8(13)14)5-2-3-6(10)7(12)4-5/h2-4H,1H3,(H,13,14). The van der Waals surface area contributed by atoms with E-state index in [2.05, 4.69) is 0 Å². The Balaban J connectivity index is 3.21. The highest BCUT2D eigenvalue weighted by atomic mass is 35.5. The first kappa shape index (κ1) is 11.3. The van der Waals surface area contributed by atoms with Crippen molar-refractivity contribution in [3.8, 4) is 0 Å². The van der Waals surface area contributed by atoms with Crippen LogP contribution in [-0.2, 0) is 9.67 Å². The molecule has 14 heavy (non-hydrogen) atoms. The molecule has 0 heterocycles. The zero-order valence-electron chi connectivity index (χ0n) is 7.22. The van der Waals surface area contributed by atoms with Gasteiger partial charge in [0, 0.05) is 0 Å². The molecule has 0 amide bonds. The topological polar surface area (TPSA) is 37.3 Å². The van der Waals surface area contributed by atoms with Crippen molar-refractivity contribution in [2.75, 3.05) is 0 Å². The lowest BCUT2D eigenvalue weighted by Crippen LogP contribution is -2.25. The lowest BCUT2D eigenvalue weighted by molar-refractivity contribution is -0.139. The van der Waals surface area contributed by atoms with Gasteiger partial charge in [-0.1, -0.05) is 17.7 Å². The van der Waals surface area contributed by atoms with Crippen LogP contribution < -0.4 is 0 Å². The van der Waals surface area contributed by atoms with Crippen LogP contribution >= 0.6 is 23.2 Å². The normalized spacial score (nSPS) is 14.9. The number of carbonyl (C=O) groups is 1. The minimum Gasteiger partial charge on any atom is -0.480 e. The number of aliphatic carboxylic acids is 1. The van der Waals surface area contributed by atoms with E-state index in [1.165, 1.54) is 19.1 Å². The molecule has 1 N–H and O–H groups in total. The molecule has 2 nitrogen and oxygen atoms in total. The first-order valence-corrected chi connectivity index (χ1v) is 4.49. The predicted octanol–water partition coefficient (Wildman–Crippen LogP) is 3.02.